The molecule has 3 aromatic rings. The molecule has 0 aliphatic heterocycles. The summed E-state index contributed by atoms with van der Waals surface area (Å²) in [5.41, 5.74) is 4.53. The Kier molecular flexibility index (Phi) is 6.64. The Morgan fingerprint density at radius 2 is 1.86 bits per heavy atom. The van der Waals surface area contributed by atoms with E-state index in [0.717, 1.165) is 36.2 Å². The van der Waals surface area contributed by atoms with Crippen molar-refractivity contribution in [2.75, 3.05) is 13.1 Å². The molecule has 1 aromatic carbocycles. The van der Waals surface area contributed by atoms with Gasteiger partial charge in [0.25, 0.3) is 5.91 Å². The predicted molar refractivity (Wildman–Crippen MR) is 117 cm³/mol. The van der Waals surface area contributed by atoms with Gasteiger partial charge in [-0.25, -0.2) is 9.67 Å². The third kappa shape index (κ3) is 4.65. The lowest BCUT2D eigenvalue weighted by Crippen LogP contribution is -2.26. The number of carbonyl (C=O) groups is 1. The quantitative estimate of drug-likeness (QED) is 0.626. The molecule has 0 radical (unpaired) electrons. The largest absolute Gasteiger partial charge is 0.348 e. The van der Waals surface area contributed by atoms with E-state index in [2.05, 4.69) is 66.2 Å². The smallest absolute Gasteiger partial charge is 0.253 e. The number of pyridine rings is 1. The SMILES string of the molecule is CCN(CC)Cc1ccccc1CNC(=O)c1cc2cnn(C(C)C)c2nc1C. The zero-order valence-electron chi connectivity index (χ0n) is 18.1. The van der Waals surface area contributed by atoms with E-state index in [-0.39, 0.29) is 11.9 Å². The van der Waals surface area contributed by atoms with E-state index in [0.29, 0.717) is 17.8 Å². The first-order valence-electron chi connectivity index (χ1n) is 10.4. The second kappa shape index (κ2) is 9.18. The summed E-state index contributed by atoms with van der Waals surface area (Å²) in [6.07, 6.45) is 1.78. The molecule has 1 N–H and O–H groups in total. The highest BCUT2D eigenvalue weighted by atomic mass is 16.1. The topological polar surface area (TPSA) is 63.1 Å². The fourth-order valence-electron chi connectivity index (χ4n) is 3.52. The van der Waals surface area contributed by atoms with E-state index in [1.165, 1.54) is 5.56 Å². The summed E-state index contributed by atoms with van der Waals surface area (Å²) < 4.78 is 1.88. The molecule has 0 unspecified atom stereocenters. The number of amides is 1. The van der Waals surface area contributed by atoms with E-state index < -0.39 is 0 Å². The number of hydrogen-bond acceptors (Lipinski definition) is 4. The molecule has 2 aromatic heterocycles. The van der Waals surface area contributed by atoms with E-state index >= 15 is 0 Å². The van der Waals surface area contributed by atoms with Gasteiger partial charge in [-0.1, -0.05) is 38.1 Å². The monoisotopic (exact) mass is 393 g/mol. The number of carbonyl (C=O) groups excluding carboxylic acids is 1. The molecular formula is C23H31N5O. The minimum absolute atomic E-state index is 0.105. The van der Waals surface area contributed by atoms with E-state index in [1.807, 2.05) is 23.7 Å². The van der Waals surface area contributed by atoms with Crippen molar-refractivity contribution < 1.29 is 4.79 Å². The molecule has 6 nitrogen and oxygen atoms in total. The molecule has 2 heterocycles. The Bertz CT molecular complexity index is 988. The molecule has 0 aliphatic rings. The molecule has 0 spiro atoms. The van der Waals surface area contributed by atoms with Gasteiger partial charge in [-0.2, -0.15) is 5.10 Å². The zero-order valence-corrected chi connectivity index (χ0v) is 18.1. The molecule has 0 aliphatic carbocycles. The van der Waals surface area contributed by atoms with Crippen LogP contribution < -0.4 is 5.32 Å². The van der Waals surface area contributed by atoms with Gasteiger partial charge in [-0.3, -0.25) is 9.69 Å². The molecule has 3 rings (SSSR count). The van der Waals surface area contributed by atoms with Crippen LogP contribution in [0.25, 0.3) is 11.0 Å². The molecule has 1 amide bonds. The van der Waals surface area contributed by atoms with Crippen molar-refractivity contribution >= 4 is 16.9 Å². The highest BCUT2D eigenvalue weighted by molar-refractivity contribution is 5.98. The third-order valence-corrected chi connectivity index (χ3v) is 5.34. The van der Waals surface area contributed by atoms with Crippen LogP contribution in [0.2, 0.25) is 0 Å². The van der Waals surface area contributed by atoms with Gasteiger partial charge in [0, 0.05) is 24.5 Å². The maximum atomic E-state index is 12.9. The Morgan fingerprint density at radius 1 is 1.17 bits per heavy atom. The summed E-state index contributed by atoms with van der Waals surface area (Å²) in [6.45, 7) is 13.7. The summed E-state index contributed by atoms with van der Waals surface area (Å²) in [5, 5.41) is 8.36. The van der Waals surface area contributed by atoms with Gasteiger partial charge >= 0.3 is 0 Å². The standard InChI is InChI=1S/C23H31N5O/c1-6-27(7-2)15-19-11-9-8-10-18(19)13-24-23(29)21-12-20-14-25-28(16(3)4)22(20)26-17(21)5/h8-12,14,16H,6-7,13,15H2,1-5H3,(H,24,29). The first-order chi connectivity index (χ1) is 13.9. The number of fused-ring (bicyclic) bond motifs is 1. The van der Waals surface area contributed by atoms with Crippen molar-refractivity contribution in [1.29, 1.82) is 0 Å². The normalized spacial score (nSPS) is 11.6. The van der Waals surface area contributed by atoms with Crippen molar-refractivity contribution in [1.82, 2.24) is 25.0 Å². The van der Waals surface area contributed by atoms with Crippen LogP contribution in [0.1, 0.15) is 60.9 Å². The van der Waals surface area contributed by atoms with Crippen LogP contribution in [0, 0.1) is 6.92 Å². The van der Waals surface area contributed by atoms with Crippen LogP contribution >= 0.6 is 0 Å². The Hall–Kier alpha value is -2.73. The Morgan fingerprint density at radius 3 is 2.52 bits per heavy atom. The molecule has 0 atom stereocenters. The van der Waals surface area contributed by atoms with Gasteiger partial charge in [-0.15, -0.1) is 0 Å². The van der Waals surface area contributed by atoms with E-state index in [1.54, 1.807) is 6.20 Å². The number of hydrogen-bond donors (Lipinski definition) is 1. The molecule has 0 bridgehead atoms. The molecule has 0 saturated carbocycles. The summed E-state index contributed by atoms with van der Waals surface area (Å²) in [4.78, 5) is 19.9. The average Bonchev–Trinajstić information content (AvgIpc) is 3.13. The van der Waals surface area contributed by atoms with E-state index in [4.69, 9.17) is 0 Å². The van der Waals surface area contributed by atoms with Gasteiger partial charge < -0.3 is 5.32 Å². The van der Waals surface area contributed by atoms with Crippen molar-refractivity contribution in [3.05, 3.63) is 58.9 Å². The summed E-state index contributed by atoms with van der Waals surface area (Å²) in [5.74, 6) is -0.105. The van der Waals surface area contributed by atoms with Gasteiger partial charge in [-0.05, 0) is 51.1 Å². The van der Waals surface area contributed by atoms with Crippen LogP contribution in [-0.2, 0) is 13.1 Å². The summed E-state index contributed by atoms with van der Waals surface area (Å²) in [6, 6.07) is 10.4. The number of rotatable bonds is 8. The van der Waals surface area contributed by atoms with Gasteiger partial charge in [0.15, 0.2) is 5.65 Å². The van der Waals surface area contributed by atoms with Gasteiger partial charge in [0.1, 0.15) is 0 Å². The highest BCUT2D eigenvalue weighted by Crippen LogP contribution is 2.19. The Labute approximate surface area is 172 Å². The lowest BCUT2D eigenvalue weighted by molar-refractivity contribution is 0.0950. The number of benzene rings is 1. The van der Waals surface area contributed by atoms with Crippen LogP contribution in [0.4, 0.5) is 0 Å². The second-order valence-electron chi connectivity index (χ2n) is 7.63. The average molecular weight is 394 g/mol. The number of aryl methyl sites for hydroxylation is 1. The maximum Gasteiger partial charge on any atom is 0.253 e. The minimum Gasteiger partial charge on any atom is -0.348 e. The molecular weight excluding hydrogens is 362 g/mol. The lowest BCUT2D eigenvalue weighted by atomic mass is 10.1. The zero-order chi connectivity index (χ0) is 21.0. The van der Waals surface area contributed by atoms with E-state index in [9.17, 15) is 4.79 Å². The predicted octanol–water partition coefficient (Wildman–Crippen LogP) is 4.09. The first kappa shape index (κ1) is 21.0. The summed E-state index contributed by atoms with van der Waals surface area (Å²) in [7, 11) is 0. The lowest BCUT2D eigenvalue weighted by Gasteiger charge is -2.20. The van der Waals surface area contributed by atoms with Crippen molar-refractivity contribution in [2.24, 2.45) is 0 Å². The van der Waals surface area contributed by atoms with Crippen molar-refractivity contribution in [2.45, 2.75) is 53.8 Å². The summed E-state index contributed by atoms with van der Waals surface area (Å²) >= 11 is 0. The number of aromatic nitrogens is 3. The first-order valence-corrected chi connectivity index (χ1v) is 10.4. The van der Waals surface area contributed by atoms with Crippen molar-refractivity contribution in [3.63, 3.8) is 0 Å². The van der Waals surface area contributed by atoms with Crippen LogP contribution in [-0.4, -0.2) is 38.7 Å². The third-order valence-electron chi connectivity index (χ3n) is 5.34. The van der Waals surface area contributed by atoms with Crippen LogP contribution in [0.3, 0.4) is 0 Å². The number of nitrogens with one attached hydrogen (secondary N) is 1. The van der Waals surface area contributed by atoms with Gasteiger partial charge in [0.2, 0.25) is 0 Å². The van der Waals surface area contributed by atoms with Crippen LogP contribution in [0.5, 0.6) is 0 Å². The molecule has 6 heteroatoms. The fourth-order valence-corrected chi connectivity index (χ4v) is 3.52. The molecule has 29 heavy (non-hydrogen) atoms. The number of nitrogens with zero attached hydrogens (tertiary/aromatic N) is 4. The maximum absolute atomic E-state index is 12.9. The molecule has 154 valence electrons. The highest BCUT2D eigenvalue weighted by Gasteiger charge is 2.16. The molecule has 0 fully saturated rings. The molecule has 0 saturated heterocycles. The second-order valence-corrected chi connectivity index (χ2v) is 7.63. The Balaban J connectivity index is 1.77. The van der Waals surface area contributed by atoms with Crippen LogP contribution in [0.15, 0.2) is 36.5 Å². The minimum atomic E-state index is -0.105. The van der Waals surface area contributed by atoms with Gasteiger partial charge in [0.05, 0.1) is 17.5 Å². The van der Waals surface area contributed by atoms with Crippen molar-refractivity contribution in [3.8, 4) is 0 Å². The fraction of sp³-hybridized carbons (Fsp3) is 0.435.